The van der Waals surface area contributed by atoms with Crippen LogP contribution in [0.2, 0.25) is 0 Å². The average Bonchev–Trinajstić information content (AvgIpc) is 2.32. The molecule has 0 aromatic heterocycles. The van der Waals surface area contributed by atoms with Crippen molar-refractivity contribution in [3.8, 4) is 0 Å². The topological polar surface area (TPSA) is 26.0 Å². The van der Waals surface area contributed by atoms with E-state index in [-0.39, 0.29) is 12.0 Å². The van der Waals surface area contributed by atoms with Gasteiger partial charge in [-0.25, -0.2) is 8.78 Å². The van der Waals surface area contributed by atoms with Crippen LogP contribution in [0.25, 0.3) is 0 Å². The molecule has 17 heavy (non-hydrogen) atoms. The van der Waals surface area contributed by atoms with Gasteiger partial charge in [0.15, 0.2) is 0 Å². The van der Waals surface area contributed by atoms with Gasteiger partial charge in [-0.1, -0.05) is 19.8 Å². The van der Waals surface area contributed by atoms with E-state index in [4.69, 9.17) is 5.73 Å². The van der Waals surface area contributed by atoms with Crippen molar-refractivity contribution in [2.45, 2.75) is 38.6 Å². The Kier molecular flexibility index (Phi) is 3.77. The van der Waals surface area contributed by atoms with Crippen molar-refractivity contribution in [3.05, 3.63) is 35.4 Å². The van der Waals surface area contributed by atoms with Crippen LogP contribution >= 0.6 is 0 Å². The van der Waals surface area contributed by atoms with E-state index in [1.165, 1.54) is 6.07 Å². The minimum Gasteiger partial charge on any atom is -0.324 e. The Morgan fingerprint density at radius 3 is 2.47 bits per heavy atom. The van der Waals surface area contributed by atoms with Crippen LogP contribution in [0.4, 0.5) is 8.78 Å². The molecule has 1 aromatic rings. The normalized spacial score (nSPS) is 26.8. The number of hydrogen-bond donors (Lipinski definition) is 1. The van der Waals surface area contributed by atoms with E-state index >= 15 is 0 Å². The summed E-state index contributed by atoms with van der Waals surface area (Å²) in [7, 11) is 0. The molecule has 0 saturated heterocycles. The molecule has 1 atom stereocenters. The summed E-state index contributed by atoms with van der Waals surface area (Å²) in [5.74, 6) is 0.205. The first kappa shape index (κ1) is 12.5. The largest absolute Gasteiger partial charge is 0.324 e. The maximum Gasteiger partial charge on any atom is 0.128 e. The predicted octanol–water partition coefficient (Wildman–Crippen LogP) is 3.79. The second-order valence-electron chi connectivity index (χ2n) is 5.21. The maximum absolute atomic E-state index is 13.6. The lowest BCUT2D eigenvalue weighted by atomic mass is 9.77. The molecule has 0 radical (unpaired) electrons. The van der Waals surface area contributed by atoms with Crippen molar-refractivity contribution >= 4 is 0 Å². The highest BCUT2D eigenvalue weighted by Crippen LogP contribution is 2.36. The number of rotatable bonds is 2. The highest BCUT2D eigenvalue weighted by atomic mass is 19.1. The highest BCUT2D eigenvalue weighted by molar-refractivity contribution is 5.22. The molecular formula is C14H19F2N. The van der Waals surface area contributed by atoms with Gasteiger partial charge in [0, 0.05) is 11.6 Å². The Hall–Kier alpha value is -0.960. The van der Waals surface area contributed by atoms with E-state index in [1.807, 2.05) is 0 Å². The molecule has 1 unspecified atom stereocenters. The van der Waals surface area contributed by atoms with Crippen LogP contribution in [0.5, 0.6) is 0 Å². The van der Waals surface area contributed by atoms with Crippen LogP contribution in [0.15, 0.2) is 18.2 Å². The van der Waals surface area contributed by atoms with E-state index in [1.54, 1.807) is 0 Å². The number of hydrogen-bond acceptors (Lipinski definition) is 1. The molecule has 2 rings (SSSR count). The fraction of sp³-hybridized carbons (Fsp3) is 0.571. The smallest absolute Gasteiger partial charge is 0.128 e. The minimum atomic E-state index is -0.416. The van der Waals surface area contributed by atoms with Gasteiger partial charge in [0.25, 0.3) is 0 Å². The highest BCUT2D eigenvalue weighted by Gasteiger charge is 2.26. The van der Waals surface area contributed by atoms with Gasteiger partial charge in [-0.15, -0.1) is 0 Å². The van der Waals surface area contributed by atoms with E-state index in [0.717, 1.165) is 43.7 Å². The monoisotopic (exact) mass is 239 g/mol. The third-order valence-electron chi connectivity index (χ3n) is 3.89. The number of nitrogens with two attached hydrogens (primary N) is 1. The summed E-state index contributed by atoms with van der Waals surface area (Å²) in [4.78, 5) is 0. The lowest BCUT2D eigenvalue weighted by molar-refractivity contribution is 0.253. The average molecular weight is 239 g/mol. The summed E-state index contributed by atoms with van der Waals surface area (Å²) < 4.78 is 26.7. The molecule has 0 heterocycles. The summed E-state index contributed by atoms with van der Waals surface area (Å²) in [6, 6.07) is 3.15. The fourth-order valence-corrected chi connectivity index (χ4v) is 2.67. The van der Waals surface area contributed by atoms with Crippen LogP contribution in [0.3, 0.4) is 0 Å². The van der Waals surface area contributed by atoms with Crippen molar-refractivity contribution in [3.63, 3.8) is 0 Å². The summed E-state index contributed by atoms with van der Waals surface area (Å²) >= 11 is 0. The molecule has 1 saturated carbocycles. The Morgan fingerprint density at radius 2 is 1.82 bits per heavy atom. The molecule has 1 aromatic carbocycles. The van der Waals surface area contributed by atoms with Gasteiger partial charge in [-0.2, -0.15) is 0 Å². The lowest BCUT2D eigenvalue weighted by Crippen LogP contribution is -2.26. The van der Waals surface area contributed by atoms with Crippen molar-refractivity contribution < 1.29 is 8.78 Å². The third-order valence-corrected chi connectivity index (χ3v) is 3.89. The second kappa shape index (κ2) is 5.13. The van der Waals surface area contributed by atoms with Gasteiger partial charge in [-0.3, -0.25) is 0 Å². The zero-order chi connectivity index (χ0) is 12.4. The summed E-state index contributed by atoms with van der Waals surface area (Å²) in [5.41, 5.74) is 6.40. The summed E-state index contributed by atoms with van der Waals surface area (Å²) in [6.07, 6.45) is 4.29. The molecule has 0 bridgehead atoms. The molecule has 1 aliphatic rings. The molecule has 2 N–H and O–H groups in total. The van der Waals surface area contributed by atoms with Gasteiger partial charge in [-0.05, 0) is 42.9 Å². The van der Waals surface area contributed by atoms with Crippen LogP contribution in [0.1, 0.15) is 44.2 Å². The fourth-order valence-electron chi connectivity index (χ4n) is 2.67. The summed E-state index contributed by atoms with van der Waals surface area (Å²) in [5, 5.41) is 0. The maximum atomic E-state index is 13.6. The van der Waals surface area contributed by atoms with Crippen LogP contribution in [0, 0.1) is 23.5 Å². The van der Waals surface area contributed by atoms with Crippen molar-refractivity contribution in [2.24, 2.45) is 17.6 Å². The Bertz CT molecular complexity index is 384. The molecule has 0 spiro atoms. The Morgan fingerprint density at radius 1 is 1.18 bits per heavy atom. The molecule has 0 amide bonds. The summed E-state index contributed by atoms with van der Waals surface area (Å²) in [6.45, 7) is 2.23. The zero-order valence-electron chi connectivity index (χ0n) is 10.1. The lowest BCUT2D eigenvalue weighted by Gasteiger charge is -2.31. The minimum absolute atomic E-state index is 0.280. The number of halogens is 2. The zero-order valence-corrected chi connectivity index (χ0v) is 10.1. The van der Waals surface area contributed by atoms with Gasteiger partial charge >= 0.3 is 0 Å². The number of benzene rings is 1. The predicted molar refractivity (Wildman–Crippen MR) is 64.4 cm³/mol. The SMILES string of the molecule is CC1CCC(C(N)c2cc(F)ccc2F)CC1. The van der Waals surface area contributed by atoms with Crippen LogP contribution < -0.4 is 5.73 Å². The van der Waals surface area contributed by atoms with Crippen molar-refractivity contribution in [1.82, 2.24) is 0 Å². The molecule has 1 fully saturated rings. The van der Waals surface area contributed by atoms with Gasteiger partial charge in [0.2, 0.25) is 0 Å². The molecular weight excluding hydrogens is 220 g/mol. The van der Waals surface area contributed by atoms with Gasteiger partial charge in [0.1, 0.15) is 11.6 Å². The quantitative estimate of drug-likeness (QED) is 0.834. The van der Waals surface area contributed by atoms with E-state index in [0.29, 0.717) is 5.56 Å². The first-order valence-electron chi connectivity index (χ1n) is 6.28. The molecule has 1 nitrogen and oxygen atoms in total. The van der Waals surface area contributed by atoms with E-state index in [9.17, 15) is 8.78 Å². The first-order valence-corrected chi connectivity index (χ1v) is 6.28. The van der Waals surface area contributed by atoms with Gasteiger partial charge in [0.05, 0.1) is 0 Å². The molecule has 94 valence electrons. The molecule has 3 heteroatoms. The van der Waals surface area contributed by atoms with Gasteiger partial charge < -0.3 is 5.73 Å². The van der Waals surface area contributed by atoms with Crippen molar-refractivity contribution in [1.29, 1.82) is 0 Å². The second-order valence-corrected chi connectivity index (χ2v) is 5.21. The Labute approximate surface area is 101 Å². The first-order chi connectivity index (χ1) is 8.08. The molecule has 0 aliphatic heterocycles. The van der Waals surface area contributed by atoms with Crippen LogP contribution in [-0.4, -0.2) is 0 Å². The molecule has 1 aliphatic carbocycles. The van der Waals surface area contributed by atoms with Crippen molar-refractivity contribution in [2.75, 3.05) is 0 Å². The van der Waals surface area contributed by atoms with E-state index in [2.05, 4.69) is 6.92 Å². The third kappa shape index (κ3) is 2.83. The van der Waals surface area contributed by atoms with Crippen LogP contribution in [-0.2, 0) is 0 Å². The standard InChI is InChI=1S/C14H19F2N/c1-9-2-4-10(5-3-9)14(17)12-8-11(15)6-7-13(12)16/h6-10,14H,2-5,17H2,1H3. The van der Waals surface area contributed by atoms with E-state index < -0.39 is 11.6 Å². The Balaban J connectivity index is 2.13.